The van der Waals surface area contributed by atoms with E-state index < -0.39 is 34.3 Å². The van der Waals surface area contributed by atoms with Crippen LogP contribution in [0.4, 0.5) is 0 Å². The van der Waals surface area contributed by atoms with E-state index in [2.05, 4.69) is 9.47 Å². The van der Waals surface area contributed by atoms with Crippen LogP contribution in [0.15, 0.2) is 54.8 Å². The van der Waals surface area contributed by atoms with Crippen LogP contribution >= 0.6 is 0 Å². The molecular formula is C22H14O10. The summed E-state index contributed by atoms with van der Waals surface area (Å²) in [5.74, 6) is -3.47. The van der Waals surface area contributed by atoms with Crippen molar-refractivity contribution in [3.8, 4) is 22.6 Å². The fraction of sp³-hybridized carbons (Fsp3) is 0.0909. The maximum atomic E-state index is 12.5. The first kappa shape index (κ1) is 20.7. The number of carbonyl (C=O) groups is 2. The van der Waals surface area contributed by atoms with E-state index in [4.69, 9.17) is 8.83 Å². The molecule has 0 aliphatic carbocycles. The van der Waals surface area contributed by atoms with Crippen LogP contribution in [0.5, 0.6) is 11.5 Å². The van der Waals surface area contributed by atoms with Crippen molar-refractivity contribution in [1.29, 1.82) is 0 Å². The molecule has 162 valence electrons. The maximum Gasteiger partial charge on any atom is 0.374 e. The second kappa shape index (κ2) is 7.58. The molecular weight excluding hydrogens is 424 g/mol. The second-order valence-corrected chi connectivity index (χ2v) is 6.60. The SMILES string of the molecule is COC(=O)c1cc(=O)c2c(O)c(-c3ccc4oc(C(=O)OC)cc(=O)c4c3O)ccc2o1. The number of aromatic hydroxyl groups is 2. The lowest BCUT2D eigenvalue weighted by atomic mass is 9.99. The van der Waals surface area contributed by atoms with E-state index in [0.29, 0.717) is 0 Å². The molecule has 2 N–H and O–H groups in total. The highest BCUT2D eigenvalue weighted by Crippen LogP contribution is 2.41. The molecule has 2 aromatic heterocycles. The summed E-state index contributed by atoms with van der Waals surface area (Å²) < 4.78 is 19.7. The molecule has 4 aromatic rings. The average Bonchev–Trinajstić information content (AvgIpc) is 2.78. The largest absolute Gasteiger partial charge is 0.506 e. The standard InChI is InChI=1S/C22H14O10/c1-29-21(27)15-7-11(23)17-13(31-15)5-3-9(19(17)25)10-4-6-14-18(20(10)26)12(24)8-16(32-14)22(28)30-2/h3-8,25-26H,1-2H3. The molecule has 2 aromatic carbocycles. The van der Waals surface area contributed by atoms with Crippen molar-refractivity contribution in [1.82, 2.24) is 0 Å². The number of hydrogen-bond donors (Lipinski definition) is 2. The number of carbonyl (C=O) groups excluding carboxylic acids is 2. The van der Waals surface area contributed by atoms with Gasteiger partial charge in [0.05, 0.1) is 14.2 Å². The van der Waals surface area contributed by atoms with Crippen LogP contribution in [0.25, 0.3) is 33.1 Å². The Bertz CT molecular complexity index is 1420. The predicted molar refractivity (Wildman–Crippen MR) is 110 cm³/mol. The maximum absolute atomic E-state index is 12.5. The molecule has 10 nitrogen and oxygen atoms in total. The first-order chi connectivity index (χ1) is 15.3. The van der Waals surface area contributed by atoms with Crippen LogP contribution in [0.1, 0.15) is 21.1 Å². The molecule has 0 unspecified atom stereocenters. The van der Waals surface area contributed by atoms with Gasteiger partial charge in [-0.2, -0.15) is 0 Å². The van der Waals surface area contributed by atoms with Gasteiger partial charge in [-0.15, -0.1) is 0 Å². The minimum Gasteiger partial charge on any atom is -0.506 e. The van der Waals surface area contributed by atoms with Crippen molar-refractivity contribution >= 4 is 33.9 Å². The lowest BCUT2D eigenvalue weighted by molar-refractivity contribution is 0.0557. The van der Waals surface area contributed by atoms with Gasteiger partial charge in [-0.05, 0) is 24.3 Å². The summed E-state index contributed by atoms with van der Waals surface area (Å²) >= 11 is 0. The Kier molecular flexibility index (Phi) is 4.90. The average molecular weight is 438 g/mol. The number of phenols is 2. The van der Waals surface area contributed by atoms with Gasteiger partial charge in [0, 0.05) is 23.3 Å². The first-order valence-corrected chi connectivity index (χ1v) is 9.03. The van der Waals surface area contributed by atoms with Crippen LogP contribution in [0, 0.1) is 0 Å². The van der Waals surface area contributed by atoms with Gasteiger partial charge >= 0.3 is 11.9 Å². The Hall–Kier alpha value is -4.60. The predicted octanol–water partition coefficient (Wildman–Crippen LogP) is 2.55. The van der Waals surface area contributed by atoms with Gasteiger partial charge in [-0.3, -0.25) is 9.59 Å². The van der Waals surface area contributed by atoms with Gasteiger partial charge in [-0.1, -0.05) is 0 Å². The number of phenolic OH excluding ortho intramolecular Hbond substituents is 2. The molecule has 0 bridgehead atoms. The van der Waals surface area contributed by atoms with Gasteiger partial charge in [0.15, 0.2) is 10.9 Å². The van der Waals surface area contributed by atoms with Crippen molar-refractivity contribution in [3.63, 3.8) is 0 Å². The van der Waals surface area contributed by atoms with Gasteiger partial charge in [0.2, 0.25) is 11.5 Å². The topological polar surface area (TPSA) is 153 Å². The van der Waals surface area contributed by atoms with Crippen molar-refractivity contribution in [2.75, 3.05) is 14.2 Å². The van der Waals surface area contributed by atoms with E-state index in [1.807, 2.05) is 0 Å². The highest BCUT2D eigenvalue weighted by molar-refractivity contribution is 5.99. The fourth-order valence-corrected chi connectivity index (χ4v) is 3.31. The Morgan fingerprint density at radius 3 is 1.44 bits per heavy atom. The molecule has 4 rings (SSSR count). The zero-order chi connectivity index (χ0) is 23.2. The van der Waals surface area contributed by atoms with E-state index in [9.17, 15) is 29.4 Å². The van der Waals surface area contributed by atoms with Gasteiger partial charge in [0.1, 0.15) is 33.4 Å². The molecule has 0 aliphatic heterocycles. The Balaban J connectivity index is 1.95. The smallest absolute Gasteiger partial charge is 0.374 e. The summed E-state index contributed by atoms with van der Waals surface area (Å²) in [6.45, 7) is 0. The molecule has 0 fully saturated rings. The molecule has 0 spiro atoms. The number of rotatable bonds is 3. The van der Waals surface area contributed by atoms with Crippen molar-refractivity contribution in [3.05, 3.63) is 68.4 Å². The molecule has 0 radical (unpaired) electrons. The zero-order valence-electron chi connectivity index (χ0n) is 16.6. The van der Waals surface area contributed by atoms with E-state index >= 15 is 0 Å². The minimum atomic E-state index is -0.863. The molecule has 32 heavy (non-hydrogen) atoms. The highest BCUT2D eigenvalue weighted by atomic mass is 16.5. The summed E-state index contributed by atoms with van der Waals surface area (Å²) in [5.41, 5.74) is -1.55. The Labute approximate surface area is 177 Å². The molecule has 0 saturated heterocycles. The zero-order valence-corrected chi connectivity index (χ0v) is 16.6. The quantitative estimate of drug-likeness (QED) is 0.456. The number of methoxy groups -OCH3 is 2. The molecule has 0 amide bonds. The van der Waals surface area contributed by atoms with Crippen LogP contribution in [0.2, 0.25) is 0 Å². The normalized spacial score (nSPS) is 10.9. The molecule has 10 heteroatoms. The van der Waals surface area contributed by atoms with E-state index in [1.165, 1.54) is 24.3 Å². The summed E-state index contributed by atoms with van der Waals surface area (Å²) in [5, 5.41) is 21.0. The lowest BCUT2D eigenvalue weighted by Gasteiger charge is -2.11. The van der Waals surface area contributed by atoms with Crippen LogP contribution in [-0.4, -0.2) is 36.4 Å². The first-order valence-electron chi connectivity index (χ1n) is 9.03. The van der Waals surface area contributed by atoms with Crippen molar-refractivity contribution < 1.29 is 38.1 Å². The number of ether oxygens (including phenoxy) is 2. The molecule has 2 heterocycles. The number of fused-ring (bicyclic) bond motifs is 2. The van der Waals surface area contributed by atoms with Gasteiger partial charge in [0.25, 0.3) is 0 Å². The van der Waals surface area contributed by atoms with Crippen molar-refractivity contribution in [2.24, 2.45) is 0 Å². The lowest BCUT2D eigenvalue weighted by Crippen LogP contribution is -2.09. The van der Waals surface area contributed by atoms with Crippen LogP contribution in [-0.2, 0) is 9.47 Å². The monoisotopic (exact) mass is 438 g/mol. The third-order valence-corrected chi connectivity index (χ3v) is 4.80. The van der Waals surface area contributed by atoms with Crippen LogP contribution < -0.4 is 10.9 Å². The Morgan fingerprint density at radius 2 is 1.09 bits per heavy atom. The van der Waals surface area contributed by atoms with Crippen molar-refractivity contribution in [2.45, 2.75) is 0 Å². The summed E-state index contributed by atoms with van der Waals surface area (Å²) in [6.07, 6.45) is 0. The highest BCUT2D eigenvalue weighted by Gasteiger charge is 2.22. The minimum absolute atomic E-state index is 0.0199. The number of benzene rings is 2. The summed E-state index contributed by atoms with van der Waals surface area (Å²) in [4.78, 5) is 48.3. The molecule has 0 saturated carbocycles. The van der Waals surface area contributed by atoms with Gasteiger partial charge < -0.3 is 28.5 Å². The van der Waals surface area contributed by atoms with Gasteiger partial charge in [-0.25, -0.2) is 9.59 Å². The number of esters is 2. The number of hydrogen-bond acceptors (Lipinski definition) is 10. The summed E-state index contributed by atoms with van der Waals surface area (Å²) in [6, 6.07) is 7.08. The molecule has 0 atom stereocenters. The Morgan fingerprint density at radius 1 is 0.719 bits per heavy atom. The van der Waals surface area contributed by atoms with Crippen LogP contribution in [0.3, 0.4) is 0 Å². The summed E-state index contributed by atoms with van der Waals surface area (Å²) in [7, 11) is 2.25. The van der Waals surface area contributed by atoms with E-state index in [1.54, 1.807) is 0 Å². The van der Waals surface area contributed by atoms with E-state index in [-0.39, 0.29) is 44.6 Å². The fourth-order valence-electron chi connectivity index (χ4n) is 3.31. The third-order valence-electron chi connectivity index (χ3n) is 4.80. The second-order valence-electron chi connectivity index (χ2n) is 6.60. The van der Waals surface area contributed by atoms with E-state index in [0.717, 1.165) is 26.4 Å². The molecule has 0 aliphatic rings. The third kappa shape index (κ3) is 3.14.